The highest BCUT2D eigenvalue weighted by atomic mass is 16.3. The molecule has 2 fully saturated rings. The number of aromatic nitrogens is 1. The number of amides is 1. The van der Waals surface area contributed by atoms with E-state index in [-0.39, 0.29) is 5.91 Å². The van der Waals surface area contributed by atoms with Gasteiger partial charge in [-0.25, -0.2) is 4.98 Å². The standard InChI is InChI=1S/C17H26N2O2/c1-12(2)15-6-4-3-5-9-19(15)17(20)14-11-21-16(18-14)10-13-7-8-13/h11-13,15H,3-10H2,1-2H3/t15-/m0/s1. The maximum absolute atomic E-state index is 12.8. The lowest BCUT2D eigenvalue weighted by molar-refractivity contribution is 0.0625. The number of hydrogen-bond acceptors (Lipinski definition) is 3. The second-order valence-electron chi connectivity index (χ2n) is 6.93. The first-order chi connectivity index (χ1) is 10.1. The van der Waals surface area contributed by atoms with Gasteiger partial charge in [-0.1, -0.05) is 26.7 Å². The van der Waals surface area contributed by atoms with Crippen LogP contribution in [0.5, 0.6) is 0 Å². The summed E-state index contributed by atoms with van der Waals surface area (Å²) in [6, 6.07) is 0.337. The summed E-state index contributed by atoms with van der Waals surface area (Å²) >= 11 is 0. The molecule has 1 aliphatic carbocycles. The Morgan fingerprint density at radius 3 is 2.86 bits per heavy atom. The van der Waals surface area contributed by atoms with Crippen molar-refractivity contribution in [2.24, 2.45) is 11.8 Å². The number of oxazole rings is 1. The molecule has 1 saturated heterocycles. The van der Waals surface area contributed by atoms with Crippen LogP contribution in [0, 0.1) is 11.8 Å². The molecule has 21 heavy (non-hydrogen) atoms. The van der Waals surface area contributed by atoms with Crippen molar-refractivity contribution in [1.29, 1.82) is 0 Å². The zero-order valence-corrected chi connectivity index (χ0v) is 13.2. The lowest BCUT2D eigenvalue weighted by Crippen LogP contribution is -2.43. The monoisotopic (exact) mass is 290 g/mol. The van der Waals surface area contributed by atoms with Crippen molar-refractivity contribution in [2.75, 3.05) is 6.54 Å². The fourth-order valence-electron chi connectivity index (χ4n) is 3.30. The van der Waals surface area contributed by atoms with Crippen LogP contribution in [-0.2, 0) is 6.42 Å². The van der Waals surface area contributed by atoms with E-state index in [1.54, 1.807) is 6.26 Å². The minimum atomic E-state index is 0.0568. The van der Waals surface area contributed by atoms with Gasteiger partial charge in [0.2, 0.25) is 0 Å². The van der Waals surface area contributed by atoms with Crippen LogP contribution in [-0.4, -0.2) is 28.4 Å². The third-order valence-electron chi connectivity index (χ3n) is 4.76. The maximum Gasteiger partial charge on any atom is 0.276 e. The van der Waals surface area contributed by atoms with E-state index >= 15 is 0 Å². The number of carbonyl (C=O) groups excluding carboxylic acids is 1. The van der Waals surface area contributed by atoms with Crippen LogP contribution in [0.4, 0.5) is 0 Å². The largest absolute Gasteiger partial charge is 0.448 e. The number of hydrogen-bond donors (Lipinski definition) is 0. The summed E-state index contributed by atoms with van der Waals surface area (Å²) in [6.45, 7) is 5.27. The predicted octanol–water partition coefficient (Wildman–Crippen LogP) is 3.67. The predicted molar refractivity (Wildman–Crippen MR) is 81.1 cm³/mol. The molecule has 1 aromatic rings. The topological polar surface area (TPSA) is 46.3 Å². The highest BCUT2D eigenvalue weighted by Gasteiger charge is 2.30. The minimum absolute atomic E-state index is 0.0568. The number of carbonyl (C=O) groups is 1. The summed E-state index contributed by atoms with van der Waals surface area (Å²) in [5.41, 5.74) is 0.498. The molecule has 2 aliphatic rings. The van der Waals surface area contributed by atoms with Crippen molar-refractivity contribution in [3.8, 4) is 0 Å². The molecule has 0 spiro atoms. The highest BCUT2D eigenvalue weighted by Crippen LogP contribution is 2.32. The van der Waals surface area contributed by atoms with Gasteiger partial charge < -0.3 is 9.32 Å². The fourth-order valence-corrected chi connectivity index (χ4v) is 3.30. The van der Waals surface area contributed by atoms with E-state index in [0.29, 0.717) is 17.7 Å². The van der Waals surface area contributed by atoms with Crippen LogP contribution >= 0.6 is 0 Å². The lowest BCUT2D eigenvalue weighted by atomic mass is 9.98. The van der Waals surface area contributed by atoms with E-state index < -0.39 is 0 Å². The molecule has 116 valence electrons. The molecule has 1 atom stereocenters. The fraction of sp³-hybridized carbons (Fsp3) is 0.765. The number of rotatable bonds is 4. The Kier molecular flexibility index (Phi) is 4.32. The lowest BCUT2D eigenvalue weighted by Gasteiger charge is -2.32. The Balaban J connectivity index is 1.72. The Bertz CT molecular complexity index is 491. The molecular weight excluding hydrogens is 264 g/mol. The molecule has 0 N–H and O–H groups in total. The molecule has 3 rings (SSSR count). The van der Waals surface area contributed by atoms with Crippen LogP contribution in [0.2, 0.25) is 0 Å². The molecule has 4 nitrogen and oxygen atoms in total. The van der Waals surface area contributed by atoms with Gasteiger partial charge in [0.1, 0.15) is 6.26 Å². The molecule has 0 radical (unpaired) electrons. The van der Waals surface area contributed by atoms with Crippen molar-refractivity contribution < 1.29 is 9.21 Å². The van der Waals surface area contributed by atoms with Gasteiger partial charge in [-0.3, -0.25) is 4.79 Å². The molecule has 1 aliphatic heterocycles. The molecule has 1 aromatic heterocycles. The van der Waals surface area contributed by atoms with E-state index in [4.69, 9.17) is 4.42 Å². The highest BCUT2D eigenvalue weighted by molar-refractivity contribution is 5.92. The van der Waals surface area contributed by atoms with Gasteiger partial charge in [0.25, 0.3) is 5.91 Å². The molecule has 2 heterocycles. The minimum Gasteiger partial charge on any atom is -0.448 e. The SMILES string of the molecule is CC(C)[C@@H]1CCCCCN1C(=O)c1coc(CC2CC2)n1. The van der Waals surface area contributed by atoms with Crippen LogP contribution in [0.3, 0.4) is 0 Å². The van der Waals surface area contributed by atoms with E-state index in [2.05, 4.69) is 18.8 Å². The second kappa shape index (κ2) is 6.20. The van der Waals surface area contributed by atoms with Gasteiger partial charge in [0.05, 0.1) is 0 Å². The third kappa shape index (κ3) is 3.47. The van der Waals surface area contributed by atoms with Crippen molar-refractivity contribution in [2.45, 2.75) is 64.8 Å². The van der Waals surface area contributed by atoms with E-state index in [1.807, 2.05) is 4.90 Å². The Labute approximate surface area is 126 Å². The molecule has 1 saturated carbocycles. The first kappa shape index (κ1) is 14.6. The number of likely N-dealkylation sites (tertiary alicyclic amines) is 1. The van der Waals surface area contributed by atoms with Crippen molar-refractivity contribution in [1.82, 2.24) is 9.88 Å². The van der Waals surface area contributed by atoms with E-state index in [1.165, 1.54) is 25.7 Å². The van der Waals surface area contributed by atoms with Crippen molar-refractivity contribution in [3.63, 3.8) is 0 Å². The second-order valence-corrected chi connectivity index (χ2v) is 6.93. The smallest absolute Gasteiger partial charge is 0.276 e. The van der Waals surface area contributed by atoms with Crippen molar-refractivity contribution >= 4 is 5.91 Å². The first-order valence-corrected chi connectivity index (χ1v) is 8.40. The first-order valence-electron chi connectivity index (χ1n) is 8.40. The van der Waals surface area contributed by atoms with Gasteiger partial charge in [-0.2, -0.15) is 0 Å². The van der Waals surface area contributed by atoms with Gasteiger partial charge >= 0.3 is 0 Å². The van der Waals surface area contributed by atoms with Crippen molar-refractivity contribution in [3.05, 3.63) is 17.8 Å². The summed E-state index contributed by atoms with van der Waals surface area (Å²) in [4.78, 5) is 19.3. The molecule has 0 aromatic carbocycles. The summed E-state index contributed by atoms with van der Waals surface area (Å²) in [6.07, 6.45) is 9.64. The Morgan fingerprint density at radius 1 is 1.33 bits per heavy atom. The van der Waals surface area contributed by atoms with Gasteiger partial charge in [0, 0.05) is 19.0 Å². The molecule has 1 amide bonds. The summed E-state index contributed by atoms with van der Waals surface area (Å²) < 4.78 is 5.50. The van der Waals surface area contributed by atoms with Crippen LogP contribution in [0.1, 0.15) is 68.8 Å². The maximum atomic E-state index is 12.8. The molecule has 0 bridgehead atoms. The van der Waals surface area contributed by atoms with E-state index in [0.717, 1.165) is 37.6 Å². The number of nitrogens with zero attached hydrogens (tertiary/aromatic N) is 2. The van der Waals surface area contributed by atoms with Crippen LogP contribution in [0.25, 0.3) is 0 Å². The average molecular weight is 290 g/mol. The average Bonchev–Trinajstić information content (AvgIpc) is 3.19. The summed E-state index contributed by atoms with van der Waals surface area (Å²) in [5, 5.41) is 0. The quantitative estimate of drug-likeness (QED) is 0.850. The molecule has 0 unspecified atom stereocenters. The van der Waals surface area contributed by atoms with E-state index in [9.17, 15) is 4.79 Å². The molecular formula is C17H26N2O2. The van der Waals surface area contributed by atoms with Crippen LogP contribution < -0.4 is 0 Å². The Hall–Kier alpha value is -1.32. The Morgan fingerprint density at radius 2 is 2.14 bits per heavy atom. The normalized spacial score (nSPS) is 23.4. The summed E-state index contributed by atoms with van der Waals surface area (Å²) in [5.74, 6) is 2.01. The summed E-state index contributed by atoms with van der Waals surface area (Å²) in [7, 11) is 0. The third-order valence-corrected chi connectivity index (χ3v) is 4.76. The van der Waals surface area contributed by atoms with Gasteiger partial charge in [-0.15, -0.1) is 0 Å². The van der Waals surface area contributed by atoms with Crippen LogP contribution in [0.15, 0.2) is 10.7 Å². The van der Waals surface area contributed by atoms with Gasteiger partial charge in [-0.05, 0) is 37.5 Å². The van der Waals surface area contributed by atoms with Gasteiger partial charge in [0.15, 0.2) is 11.6 Å². The zero-order chi connectivity index (χ0) is 14.8. The zero-order valence-electron chi connectivity index (χ0n) is 13.2. The molecule has 4 heteroatoms.